The number of fused-ring (bicyclic) bond motifs is 1. The maximum absolute atomic E-state index is 8.95. The Balaban J connectivity index is 2.35. The number of benzene rings is 1. The van der Waals surface area contributed by atoms with Crippen LogP contribution in [0, 0.1) is 11.5 Å². The first-order valence-corrected chi connectivity index (χ1v) is 7.95. The van der Waals surface area contributed by atoms with Gasteiger partial charge in [0.25, 0.3) is 0 Å². The van der Waals surface area contributed by atoms with Crippen LogP contribution < -0.4 is 4.74 Å². The van der Waals surface area contributed by atoms with Crippen LogP contribution in [0.2, 0.25) is 0 Å². The summed E-state index contributed by atoms with van der Waals surface area (Å²) in [6.45, 7) is 5.37. The number of rotatable bonds is 5. The molecule has 0 aliphatic carbocycles. The van der Waals surface area contributed by atoms with Gasteiger partial charge in [-0.3, -0.25) is 0 Å². The van der Waals surface area contributed by atoms with Gasteiger partial charge in [0.1, 0.15) is 11.4 Å². The van der Waals surface area contributed by atoms with Gasteiger partial charge in [0.2, 0.25) is 6.19 Å². The minimum absolute atomic E-state index is 0.439. The van der Waals surface area contributed by atoms with Crippen LogP contribution in [-0.4, -0.2) is 24.5 Å². The van der Waals surface area contributed by atoms with E-state index < -0.39 is 5.60 Å². The summed E-state index contributed by atoms with van der Waals surface area (Å²) in [7, 11) is 0. The third-order valence-corrected chi connectivity index (χ3v) is 4.10. The van der Waals surface area contributed by atoms with Crippen LogP contribution in [0.4, 0.5) is 0 Å². The van der Waals surface area contributed by atoms with Gasteiger partial charge in [0.15, 0.2) is 0 Å². The molecule has 0 fully saturated rings. The van der Waals surface area contributed by atoms with Gasteiger partial charge in [0, 0.05) is 23.1 Å². The van der Waals surface area contributed by atoms with Crippen molar-refractivity contribution in [3.05, 3.63) is 28.2 Å². The number of ether oxygens (including phenoxy) is 2. The predicted molar refractivity (Wildman–Crippen MR) is 85.7 cm³/mol. The van der Waals surface area contributed by atoms with E-state index in [9.17, 15) is 0 Å². The van der Waals surface area contributed by atoms with Crippen LogP contribution in [0.5, 0.6) is 5.75 Å². The molecule has 4 nitrogen and oxygen atoms in total. The van der Waals surface area contributed by atoms with Crippen molar-refractivity contribution in [3.8, 4) is 11.9 Å². The molecule has 0 spiro atoms. The SMILES string of the molecule is CCCOCC1(CC)CC(=NC#N)c2cc(Br)ccc2O1. The van der Waals surface area contributed by atoms with E-state index in [1.54, 1.807) is 0 Å². The van der Waals surface area contributed by atoms with E-state index in [2.05, 4.69) is 34.8 Å². The second-order valence-corrected chi connectivity index (χ2v) is 6.08. The summed E-state index contributed by atoms with van der Waals surface area (Å²) in [5, 5.41) is 8.95. The third kappa shape index (κ3) is 3.63. The van der Waals surface area contributed by atoms with Gasteiger partial charge in [-0.05, 0) is 31.0 Å². The average Bonchev–Trinajstić information content (AvgIpc) is 2.48. The second-order valence-electron chi connectivity index (χ2n) is 5.17. The number of aliphatic imine (C=N–C) groups is 1. The predicted octanol–water partition coefficient (Wildman–Crippen LogP) is 4.08. The largest absolute Gasteiger partial charge is 0.484 e. The Bertz CT molecular complexity index is 580. The topological polar surface area (TPSA) is 54.6 Å². The molecule has 1 heterocycles. The fraction of sp³-hybridized carbons (Fsp3) is 0.500. The van der Waals surface area contributed by atoms with Crippen LogP contribution in [-0.2, 0) is 4.74 Å². The lowest BCUT2D eigenvalue weighted by atomic mass is 9.88. The van der Waals surface area contributed by atoms with Crippen molar-refractivity contribution in [2.75, 3.05) is 13.2 Å². The lowest BCUT2D eigenvalue weighted by Crippen LogP contribution is -2.45. The molecule has 1 aromatic carbocycles. The van der Waals surface area contributed by atoms with E-state index in [0.717, 1.165) is 34.3 Å². The molecule has 21 heavy (non-hydrogen) atoms. The highest BCUT2D eigenvalue weighted by Crippen LogP contribution is 2.37. The summed E-state index contributed by atoms with van der Waals surface area (Å²) in [6, 6.07) is 5.79. The summed E-state index contributed by atoms with van der Waals surface area (Å²) >= 11 is 3.45. The van der Waals surface area contributed by atoms with Crippen molar-refractivity contribution in [2.24, 2.45) is 4.99 Å². The first kappa shape index (κ1) is 16.0. The summed E-state index contributed by atoms with van der Waals surface area (Å²) in [4.78, 5) is 4.00. The molecule has 2 rings (SSSR count). The summed E-state index contributed by atoms with van der Waals surface area (Å²) in [6.07, 6.45) is 4.27. The number of halogens is 1. The molecule has 1 aliphatic heterocycles. The lowest BCUT2D eigenvalue weighted by molar-refractivity contribution is -0.0282. The van der Waals surface area contributed by atoms with E-state index >= 15 is 0 Å². The van der Waals surface area contributed by atoms with Crippen LogP contribution >= 0.6 is 15.9 Å². The first-order valence-electron chi connectivity index (χ1n) is 7.16. The monoisotopic (exact) mass is 350 g/mol. The second kappa shape index (κ2) is 7.06. The smallest absolute Gasteiger partial charge is 0.205 e. The molecule has 1 atom stereocenters. The van der Waals surface area contributed by atoms with Gasteiger partial charge >= 0.3 is 0 Å². The number of nitrogens with zero attached hydrogens (tertiary/aromatic N) is 2. The molecule has 0 saturated carbocycles. The molecule has 1 aliphatic rings. The highest BCUT2D eigenvalue weighted by Gasteiger charge is 2.38. The Morgan fingerprint density at radius 3 is 2.95 bits per heavy atom. The molecule has 0 bridgehead atoms. The van der Waals surface area contributed by atoms with Crippen molar-refractivity contribution in [2.45, 2.75) is 38.7 Å². The van der Waals surface area contributed by atoms with Gasteiger partial charge in [-0.15, -0.1) is 0 Å². The van der Waals surface area contributed by atoms with Crippen molar-refractivity contribution < 1.29 is 9.47 Å². The molecule has 0 amide bonds. The van der Waals surface area contributed by atoms with Crippen molar-refractivity contribution in [1.29, 1.82) is 5.26 Å². The third-order valence-electron chi connectivity index (χ3n) is 3.61. The highest BCUT2D eigenvalue weighted by molar-refractivity contribution is 9.10. The fourth-order valence-electron chi connectivity index (χ4n) is 2.43. The number of hydrogen-bond acceptors (Lipinski definition) is 4. The van der Waals surface area contributed by atoms with Gasteiger partial charge in [-0.2, -0.15) is 10.3 Å². The molecule has 112 valence electrons. The van der Waals surface area contributed by atoms with E-state index in [1.807, 2.05) is 24.4 Å². The van der Waals surface area contributed by atoms with E-state index in [-0.39, 0.29) is 0 Å². The van der Waals surface area contributed by atoms with Crippen LogP contribution in [0.3, 0.4) is 0 Å². The summed E-state index contributed by atoms with van der Waals surface area (Å²) < 4.78 is 12.9. The standard InChI is InChI=1S/C16H19BrN2O2/c1-3-7-20-10-16(4-2)9-14(19-11-18)13-8-12(17)5-6-15(13)21-16/h5-6,8H,3-4,7,9-10H2,1-2H3. The minimum atomic E-state index is -0.439. The molecular formula is C16H19BrN2O2. The average molecular weight is 351 g/mol. The fourth-order valence-corrected chi connectivity index (χ4v) is 2.79. The quantitative estimate of drug-likeness (QED) is 0.593. The van der Waals surface area contributed by atoms with Crippen molar-refractivity contribution >= 4 is 21.6 Å². The molecule has 0 radical (unpaired) electrons. The number of hydrogen-bond donors (Lipinski definition) is 0. The van der Waals surface area contributed by atoms with Crippen LogP contribution in [0.25, 0.3) is 0 Å². The Kier molecular flexibility index (Phi) is 5.38. The van der Waals surface area contributed by atoms with Crippen molar-refractivity contribution in [3.63, 3.8) is 0 Å². The molecular weight excluding hydrogens is 332 g/mol. The lowest BCUT2D eigenvalue weighted by Gasteiger charge is -2.38. The Morgan fingerprint density at radius 2 is 2.29 bits per heavy atom. The van der Waals surface area contributed by atoms with Gasteiger partial charge in [-0.1, -0.05) is 29.8 Å². The zero-order chi connectivity index (χ0) is 15.3. The Morgan fingerprint density at radius 1 is 1.48 bits per heavy atom. The van der Waals surface area contributed by atoms with Gasteiger partial charge in [0.05, 0.1) is 12.3 Å². The molecule has 0 N–H and O–H groups in total. The molecule has 1 aromatic rings. The van der Waals surface area contributed by atoms with E-state index in [0.29, 0.717) is 19.6 Å². The highest BCUT2D eigenvalue weighted by atomic mass is 79.9. The van der Waals surface area contributed by atoms with E-state index in [4.69, 9.17) is 14.7 Å². The molecule has 0 saturated heterocycles. The van der Waals surface area contributed by atoms with Crippen LogP contribution in [0.1, 0.15) is 38.7 Å². The van der Waals surface area contributed by atoms with Gasteiger partial charge in [-0.25, -0.2) is 0 Å². The maximum Gasteiger partial charge on any atom is 0.205 e. The normalized spacial score (nSPS) is 22.5. The molecule has 5 heteroatoms. The van der Waals surface area contributed by atoms with Crippen molar-refractivity contribution in [1.82, 2.24) is 0 Å². The Labute approximate surface area is 133 Å². The van der Waals surface area contributed by atoms with Crippen LogP contribution in [0.15, 0.2) is 27.7 Å². The number of nitriles is 1. The first-order chi connectivity index (χ1) is 10.1. The summed E-state index contributed by atoms with van der Waals surface area (Å²) in [5.41, 5.74) is 1.21. The zero-order valence-corrected chi connectivity index (χ0v) is 13.9. The van der Waals surface area contributed by atoms with E-state index in [1.165, 1.54) is 0 Å². The zero-order valence-electron chi connectivity index (χ0n) is 12.4. The minimum Gasteiger partial charge on any atom is -0.484 e. The molecule has 0 aromatic heterocycles. The van der Waals surface area contributed by atoms with Gasteiger partial charge < -0.3 is 9.47 Å². The maximum atomic E-state index is 8.95. The molecule has 1 unspecified atom stereocenters. The Hall–Kier alpha value is -1.38. The summed E-state index contributed by atoms with van der Waals surface area (Å²) in [5.74, 6) is 0.764.